The first kappa shape index (κ1) is 20.7. The third-order valence-electron chi connectivity index (χ3n) is 5.27. The summed E-state index contributed by atoms with van der Waals surface area (Å²) in [5.41, 5.74) is 2.89. The predicted octanol–water partition coefficient (Wildman–Crippen LogP) is 3.27. The zero-order valence-corrected chi connectivity index (χ0v) is 17.3. The molecule has 3 rings (SSSR count). The minimum absolute atomic E-state index is 0.204. The van der Waals surface area contributed by atoms with Crippen LogP contribution in [0, 0.1) is 0 Å². The van der Waals surface area contributed by atoms with Gasteiger partial charge in [-0.05, 0) is 43.0 Å². The Balaban J connectivity index is 1.69. The second-order valence-corrected chi connectivity index (χ2v) is 7.22. The number of rotatable bonds is 8. The number of hydrogen-bond donors (Lipinski definition) is 2. The van der Waals surface area contributed by atoms with Crippen LogP contribution in [-0.4, -0.2) is 39.2 Å². The Labute approximate surface area is 172 Å². The Morgan fingerprint density at radius 1 is 1.10 bits per heavy atom. The first-order chi connectivity index (χ1) is 14.1. The van der Waals surface area contributed by atoms with Crippen LogP contribution in [-0.2, 0) is 16.7 Å². The predicted molar refractivity (Wildman–Crippen MR) is 115 cm³/mol. The molecule has 0 amide bonds. The first-order valence-corrected chi connectivity index (χ1v) is 9.95. The van der Waals surface area contributed by atoms with Crippen molar-refractivity contribution in [1.82, 2.24) is 10.6 Å². The molecule has 1 fully saturated rings. The van der Waals surface area contributed by atoms with Gasteiger partial charge in [-0.15, -0.1) is 0 Å². The first-order valence-electron chi connectivity index (χ1n) is 9.95. The third-order valence-corrected chi connectivity index (χ3v) is 5.27. The lowest BCUT2D eigenvalue weighted by atomic mass is 9.96. The molecule has 6 nitrogen and oxygen atoms in total. The van der Waals surface area contributed by atoms with Crippen LogP contribution in [0.4, 0.5) is 0 Å². The lowest BCUT2D eigenvalue weighted by Gasteiger charge is -2.19. The minimum Gasteiger partial charge on any atom is -0.496 e. The molecule has 2 aromatic rings. The van der Waals surface area contributed by atoms with E-state index in [1.807, 2.05) is 13.0 Å². The van der Waals surface area contributed by atoms with E-state index in [-0.39, 0.29) is 5.41 Å². The van der Waals surface area contributed by atoms with Gasteiger partial charge in [-0.25, -0.2) is 9.79 Å². The maximum atomic E-state index is 12.0. The van der Waals surface area contributed by atoms with E-state index < -0.39 is 5.97 Å². The van der Waals surface area contributed by atoms with Gasteiger partial charge in [0.2, 0.25) is 0 Å². The Morgan fingerprint density at radius 3 is 2.48 bits per heavy atom. The zero-order chi connectivity index (χ0) is 20.7. The Hall–Kier alpha value is -3.02. The van der Waals surface area contributed by atoms with E-state index in [0.717, 1.165) is 24.6 Å². The summed E-state index contributed by atoms with van der Waals surface area (Å²) in [4.78, 5) is 16.7. The topological polar surface area (TPSA) is 72.0 Å². The number of carbonyl (C=O) groups excluding carboxylic acids is 1. The summed E-state index contributed by atoms with van der Waals surface area (Å²) >= 11 is 0. The lowest BCUT2D eigenvalue weighted by molar-refractivity contribution is 0.0597. The molecule has 6 heteroatoms. The van der Waals surface area contributed by atoms with Gasteiger partial charge in [0.25, 0.3) is 0 Å². The van der Waals surface area contributed by atoms with Crippen molar-refractivity contribution in [2.45, 2.75) is 31.7 Å². The number of hydrogen-bond acceptors (Lipinski definition) is 4. The summed E-state index contributed by atoms with van der Waals surface area (Å²) in [5.74, 6) is 0.842. The highest BCUT2D eigenvalue weighted by Gasteiger charge is 2.43. The highest BCUT2D eigenvalue weighted by atomic mass is 16.5. The smallest absolute Gasteiger partial charge is 0.341 e. The van der Waals surface area contributed by atoms with Gasteiger partial charge in [0.1, 0.15) is 11.3 Å². The fraction of sp³-hybridized carbons (Fsp3) is 0.391. The fourth-order valence-corrected chi connectivity index (χ4v) is 3.40. The van der Waals surface area contributed by atoms with Crippen LogP contribution in [0.1, 0.15) is 41.3 Å². The van der Waals surface area contributed by atoms with E-state index in [2.05, 4.69) is 41.0 Å². The molecule has 1 aliphatic rings. The standard InChI is InChI=1S/C23H29N3O3/c1-4-24-22(26-16-23(12-13-23)18-8-6-5-7-9-18)25-15-17-10-11-20(28-2)19(14-17)21(27)29-3/h5-11,14H,4,12-13,15-16H2,1-3H3,(H2,24,25,26). The molecule has 1 saturated carbocycles. The molecule has 1 aliphatic carbocycles. The number of guanidine groups is 1. The van der Waals surface area contributed by atoms with Crippen LogP contribution in [0.5, 0.6) is 5.75 Å². The average molecular weight is 396 g/mol. The molecule has 0 aromatic heterocycles. The Morgan fingerprint density at radius 2 is 1.86 bits per heavy atom. The number of nitrogens with one attached hydrogen (secondary N) is 2. The van der Waals surface area contributed by atoms with Crippen molar-refractivity contribution in [3.63, 3.8) is 0 Å². The molecule has 2 N–H and O–H groups in total. The van der Waals surface area contributed by atoms with Gasteiger partial charge in [0.05, 0.1) is 20.8 Å². The molecular formula is C23H29N3O3. The average Bonchev–Trinajstić information content (AvgIpc) is 3.56. The van der Waals surface area contributed by atoms with E-state index in [4.69, 9.17) is 14.5 Å². The van der Waals surface area contributed by atoms with Crippen LogP contribution in [0.25, 0.3) is 0 Å². The quantitative estimate of drug-likeness (QED) is 0.408. The summed E-state index contributed by atoms with van der Waals surface area (Å²) in [5, 5.41) is 6.78. The van der Waals surface area contributed by atoms with Crippen LogP contribution >= 0.6 is 0 Å². The maximum absolute atomic E-state index is 12.0. The number of nitrogens with zero attached hydrogens (tertiary/aromatic N) is 1. The van der Waals surface area contributed by atoms with Gasteiger partial charge < -0.3 is 20.1 Å². The summed E-state index contributed by atoms with van der Waals surface area (Å²) in [6.07, 6.45) is 2.37. The van der Waals surface area contributed by atoms with Crippen molar-refractivity contribution in [3.05, 3.63) is 65.2 Å². The van der Waals surface area contributed by atoms with Gasteiger partial charge in [0.15, 0.2) is 5.96 Å². The molecule has 154 valence electrons. The second kappa shape index (κ2) is 9.45. The monoisotopic (exact) mass is 395 g/mol. The molecule has 0 bridgehead atoms. The van der Waals surface area contributed by atoms with E-state index >= 15 is 0 Å². The highest BCUT2D eigenvalue weighted by Crippen LogP contribution is 2.47. The van der Waals surface area contributed by atoms with Crippen LogP contribution < -0.4 is 15.4 Å². The Kier molecular flexibility index (Phi) is 6.75. The van der Waals surface area contributed by atoms with Crippen LogP contribution in [0.2, 0.25) is 0 Å². The summed E-state index contributed by atoms with van der Waals surface area (Å²) < 4.78 is 10.1. The largest absolute Gasteiger partial charge is 0.496 e. The lowest BCUT2D eigenvalue weighted by Crippen LogP contribution is -2.41. The molecule has 0 unspecified atom stereocenters. The van der Waals surface area contributed by atoms with E-state index in [9.17, 15) is 4.79 Å². The normalized spacial score (nSPS) is 14.8. The fourth-order valence-electron chi connectivity index (χ4n) is 3.40. The van der Waals surface area contributed by atoms with Crippen molar-refractivity contribution in [2.75, 3.05) is 27.3 Å². The maximum Gasteiger partial charge on any atom is 0.341 e. The van der Waals surface area contributed by atoms with Crippen molar-refractivity contribution < 1.29 is 14.3 Å². The van der Waals surface area contributed by atoms with Gasteiger partial charge >= 0.3 is 5.97 Å². The number of esters is 1. The van der Waals surface area contributed by atoms with Crippen molar-refractivity contribution in [2.24, 2.45) is 4.99 Å². The third kappa shape index (κ3) is 5.08. The van der Waals surface area contributed by atoms with E-state index in [1.165, 1.54) is 32.6 Å². The highest BCUT2D eigenvalue weighted by molar-refractivity contribution is 5.92. The van der Waals surface area contributed by atoms with E-state index in [1.54, 1.807) is 12.1 Å². The number of carbonyl (C=O) groups is 1. The van der Waals surface area contributed by atoms with Crippen LogP contribution in [0.3, 0.4) is 0 Å². The van der Waals surface area contributed by atoms with Gasteiger partial charge in [-0.1, -0.05) is 36.4 Å². The Bertz CT molecular complexity index is 861. The second-order valence-electron chi connectivity index (χ2n) is 7.22. The molecule has 0 aliphatic heterocycles. The molecule has 2 aromatic carbocycles. The van der Waals surface area contributed by atoms with Crippen molar-refractivity contribution >= 4 is 11.9 Å². The minimum atomic E-state index is -0.420. The van der Waals surface area contributed by atoms with Crippen molar-refractivity contribution in [3.8, 4) is 5.75 Å². The molecule has 0 spiro atoms. The SMILES string of the molecule is CCNC(=NCc1ccc(OC)c(C(=O)OC)c1)NCC1(c2ccccc2)CC1. The van der Waals surface area contributed by atoms with Gasteiger partial charge in [-0.2, -0.15) is 0 Å². The number of aliphatic imine (C=N–C) groups is 1. The number of ether oxygens (including phenoxy) is 2. The van der Waals surface area contributed by atoms with Crippen molar-refractivity contribution in [1.29, 1.82) is 0 Å². The molecule has 29 heavy (non-hydrogen) atoms. The molecule has 0 heterocycles. The summed E-state index contributed by atoms with van der Waals surface area (Å²) in [6, 6.07) is 16.1. The molecule has 0 radical (unpaired) electrons. The zero-order valence-electron chi connectivity index (χ0n) is 17.3. The summed E-state index contributed by atoms with van der Waals surface area (Å²) in [6.45, 7) is 4.12. The van der Waals surface area contributed by atoms with Crippen LogP contribution in [0.15, 0.2) is 53.5 Å². The van der Waals surface area contributed by atoms with Gasteiger partial charge in [0, 0.05) is 18.5 Å². The number of benzene rings is 2. The number of methoxy groups -OCH3 is 2. The van der Waals surface area contributed by atoms with Gasteiger partial charge in [-0.3, -0.25) is 0 Å². The molecular weight excluding hydrogens is 366 g/mol. The molecule has 0 saturated heterocycles. The van der Waals surface area contributed by atoms with E-state index in [0.29, 0.717) is 17.9 Å². The molecule has 0 atom stereocenters. The summed E-state index contributed by atoms with van der Waals surface area (Å²) in [7, 11) is 2.90.